The van der Waals surface area contributed by atoms with Gasteiger partial charge in [0.15, 0.2) is 5.76 Å². The van der Waals surface area contributed by atoms with E-state index in [-0.39, 0.29) is 10.6 Å². The predicted molar refractivity (Wildman–Crippen MR) is 68.9 cm³/mol. The SMILES string of the molecule is Cc1cccc2nc(-c3ccco3)c(Cl)c(=O)n12. The minimum Gasteiger partial charge on any atom is -0.463 e. The van der Waals surface area contributed by atoms with Gasteiger partial charge in [-0.2, -0.15) is 0 Å². The molecule has 0 saturated heterocycles. The molecule has 0 bridgehead atoms. The summed E-state index contributed by atoms with van der Waals surface area (Å²) in [5, 5.41) is 0.0664. The largest absolute Gasteiger partial charge is 0.463 e. The molecule has 90 valence electrons. The zero-order valence-corrected chi connectivity index (χ0v) is 10.3. The molecule has 0 aliphatic rings. The third-order valence-corrected chi connectivity index (χ3v) is 3.08. The lowest BCUT2D eigenvalue weighted by molar-refractivity contribution is 0.580. The van der Waals surface area contributed by atoms with Crippen molar-refractivity contribution in [2.45, 2.75) is 6.92 Å². The number of fused-ring (bicyclic) bond motifs is 1. The summed E-state index contributed by atoms with van der Waals surface area (Å²) in [6.45, 7) is 1.83. The summed E-state index contributed by atoms with van der Waals surface area (Å²) in [7, 11) is 0. The fourth-order valence-corrected chi connectivity index (χ4v) is 2.11. The lowest BCUT2D eigenvalue weighted by Crippen LogP contribution is -2.18. The number of aryl methyl sites for hydroxylation is 1. The van der Waals surface area contributed by atoms with Gasteiger partial charge in [0.25, 0.3) is 5.56 Å². The molecule has 0 unspecified atom stereocenters. The summed E-state index contributed by atoms with van der Waals surface area (Å²) in [5.41, 5.74) is 1.43. The maximum atomic E-state index is 12.2. The predicted octanol–water partition coefficient (Wildman–Crippen LogP) is 2.92. The van der Waals surface area contributed by atoms with Gasteiger partial charge in [-0.05, 0) is 31.2 Å². The van der Waals surface area contributed by atoms with Crippen LogP contribution in [0, 0.1) is 6.92 Å². The zero-order valence-electron chi connectivity index (χ0n) is 9.55. The average molecular weight is 261 g/mol. The van der Waals surface area contributed by atoms with E-state index < -0.39 is 0 Å². The summed E-state index contributed by atoms with van der Waals surface area (Å²) in [6.07, 6.45) is 1.52. The maximum absolute atomic E-state index is 12.2. The second kappa shape index (κ2) is 3.99. The Hall–Kier alpha value is -2.07. The fourth-order valence-electron chi connectivity index (χ4n) is 1.89. The highest BCUT2D eigenvalue weighted by molar-refractivity contribution is 6.32. The van der Waals surface area contributed by atoms with Gasteiger partial charge in [0, 0.05) is 5.69 Å². The van der Waals surface area contributed by atoms with Gasteiger partial charge in [-0.3, -0.25) is 9.20 Å². The van der Waals surface area contributed by atoms with Gasteiger partial charge in [0.05, 0.1) is 6.26 Å². The molecule has 0 amide bonds. The van der Waals surface area contributed by atoms with Gasteiger partial charge in [-0.15, -0.1) is 0 Å². The number of rotatable bonds is 1. The van der Waals surface area contributed by atoms with E-state index in [2.05, 4.69) is 4.98 Å². The number of aromatic nitrogens is 2. The first-order valence-corrected chi connectivity index (χ1v) is 5.78. The topological polar surface area (TPSA) is 47.5 Å². The quantitative estimate of drug-likeness (QED) is 0.676. The molecule has 3 heterocycles. The highest BCUT2D eigenvalue weighted by Gasteiger charge is 2.15. The summed E-state index contributed by atoms with van der Waals surface area (Å²) in [6, 6.07) is 8.89. The number of hydrogen-bond donors (Lipinski definition) is 0. The van der Waals surface area contributed by atoms with Crippen LogP contribution in [0.15, 0.2) is 45.8 Å². The summed E-state index contributed by atoms with van der Waals surface area (Å²) >= 11 is 6.08. The van der Waals surface area contributed by atoms with Crippen LogP contribution >= 0.6 is 11.6 Å². The van der Waals surface area contributed by atoms with Gasteiger partial charge in [0.2, 0.25) is 0 Å². The minimum absolute atomic E-state index is 0.0664. The average Bonchev–Trinajstić information content (AvgIpc) is 2.87. The van der Waals surface area contributed by atoms with E-state index in [1.807, 2.05) is 19.1 Å². The highest BCUT2D eigenvalue weighted by atomic mass is 35.5. The number of halogens is 1. The van der Waals surface area contributed by atoms with E-state index in [0.29, 0.717) is 17.1 Å². The molecular formula is C13H9ClN2O2. The van der Waals surface area contributed by atoms with Crippen molar-refractivity contribution in [3.05, 3.63) is 57.7 Å². The van der Waals surface area contributed by atoms with Gasteiger partial charge in [-0.1, -0.05) is 17.7 Å². The number of furan rings is 1. The Bertz CT molecular complexity index is 776. The molecule has 4 nitrogen and oxygen atoms in total. The van der Waals surface area contributed by atoms with Crippen molar-refractivity contribution in [1.82, 2.24) is 9.38 Å². The van der Waals surface area contributed by atoms with Crippen molar-refractivity contribution < 1.29 is 4.42 Å². The fraction of sp³-hybridized carbons (Fsp3) is 0.0769. The van der Waals surface area contributed by atoms with Crippen LogP contribution in [-0.2, 0) is 0 Å². The van der Waals surface area contributed by atoms with E-state index in [0.717, 1.165) is 5.69 Å². The molecule has 3 aromatic heterocycles. The number of nitrogens with zero attached hydrogens (tertiary/aromatic N) is 2. The molecule has 0 fully saturated rings. The number of hydrogen-bond acceptors (Lipinski definition) is 3. The normalized spacial score (nSPS) is 11.0. The summed E-state index contributed by atoms with van der Waals surface area (Å²) in [5.74, 6) is 0.487. The molecule has 0 saturated carbocycles. The van der Waals surface area contributed by atoms with Gasteiger partial charge < -0.3 is 4.42 Å². The Labute approximate surface area is 107 Å². The molecule has 0 aliphatic carbocycles. The summed E-state index contributed by atoms with van der Waals surface area (Å²) < 4.78 is 6.72. The van der Waals surface area contributed by atoms with E-state index in [1.54, 1.807) is 18.2 Å². The lowest BCUT2D eigenvalue weighted by atomic mass is 10.3. The van der Waals surface area contributed by atoms with Crippen LogP contribution in [-0.4, -0.2) is 9.38 Å². The van der Waals surface area contributed by atoms with E-state index in [4.69, 9.17) is 16.0 Å². The highest BCUT2D eigenvalue weighted by Crippen LogP contribution is 2.24. The third-order valence-electron chi connectivity index (χ3n) is 2.74. The van der Waals surface area contributed by atoms with Crippen molar-refractivity contribution in [2.75, 3.05) is 0 Å². The third kappa shape index (κ3) is 1.54. The molecule has 3 aromatic rings. The molecule has 5 heteroatoms. The Kier molecular flexibility index (Phi) is 2.45. The molecular weight excluding hydrogens is 252 g/mol. The van der Waals surface area contributed by atoms with Crippen LogP contribution in [0.4, 0.5) is 0 Å². The van der Waals surface area contributed by atoms with Gasteiger partial charge >= 0.3 is 0 Å². The molecule has 0 atom stereocenters. The van der Waals surface area contributed by atoms with Crippen molar-refractivity contribution in [1.29, 1.82) is 0 Å². The monoisotopic (exact) mass is 260 g/mol. The summed E-state index contributed by atoms with van der Waals surface area (Å²) in [4.78, 5) is 16.6. The van der Waals surface area contributed by atoms with Crippen LogP contribution in [0.3, 0.4) is 0 Å². The Morgan fingerprint density at radius 1 is 1.28 bits per heavy atom. The van der Waals surface area contributed by atoms with Crippen molar-refractivity contribution >= 4 is 17.2 Å². The van der Waals surface area contributed by atoms with Crippen LogP contribution in [0.5, 0.6) is 0 Å². The molecule has 0 radical (unpaired) electrons. The lowest BCUT2D eigenvalue weighted by Gasteiger charge is -2.07. The van der Waals surface area contributed by atoms with Crippen molar-refractivity contribution in [3.8, 4) is 11.5 Å². The zero-order chi connectivity index (χ0) is 12.7. The Morgan fingerprint density at radius 2 is 2.11 bits per heavy atom. The number of pyridine rings is 1. The van der Waals surface area contributed by atoms with Crippen molar-refractivity contribution in [2.24, 2.45) is 0 Å². The van der Waals surface area contributed by atoms with E-state index >= 15 is 0 Å². The van der Waals surface area contributed by atoms with E-state index in [9.17, 15) is 4.79 Å². The first-order valence-electron chi connectivity index (χ1n) is 5.40. The Morgan fingerprint density at radius 3 is 2.83 bits per heavy atom. The molecule has 0 spiro atoms. The second-order valence-electron chi connectivity index (χ2n) is 3.92. The molecule has 3 rings (SSSR count). The van der Waals surface area contributed by atoms with E-state index in [1.165, 1.54) is 10.7 Å². The van der Waals surface area contributed by atoms with Crippen LogP contribution in [0.2, 0.25) is 5.02 Å². The van der Waals surface area contributed by atoms with Crippen LogP contribution in [0.1, 0.15) is 5.69 Å². The molecule has 0 N–H and O–H groups in total. The minimum atomic E-state index is -0.286. The molecule has 18 heavy (non-hydrogen) atoms. The maximum Gasteiger partial charge on any atom is 0.277 e. The smallest absolute Gasteiger partial charge is 0.277 e. The van der Waals surface area contributed by atoms with Crippen LogP contribution < -0.4 is 5.56 Å². The molecule has 0 aromatic carbocycles. The first kappa shape index (κ1) is 11.0. The van der Waals surface area contributed by atoms with Gasteiger partial charge in [-0.25, -0.2) is 4.98 Å². The first-order chi connectivity index (χ1) is 8.68. The van der Waals surface area contributed by atoms with Crippen molar-refractivity contribution in [3.63, 3.8) is 0 Å². The standard InChI is InChI=1S/C13H9ClN2O2/c1-8-4-2-6-10-15-12(9-5-3-7-18-9)11(14)13(17)16(8)10/h2-7H,1H3. The molecule has 0 aliphatic heterocycles. The van der Waals surface area contributed by atoms with Gasteiger partial charge in [0.1, 0.15) is 16.4 Å². The van der Waals surface area contributed by atoms with Crippen LogP contribution in [0.25, 0.3) is 17.1 Å². The Balaban J connectivity index is 2.44. The second-order valence-corrected chi connectivity index (χ2v) is 4.30.